The molecule has 4 nitrogen and oxygen atoms in total. The molecule has 0 saturated carbocycles. The van der Waals surface area contributed by atoms with E-state index in [1.165, 1.54) is 27.1 Å². The first-order valence-electron chi connectivity index (χ1n) is 18.5. The number of oxazole rings is 1. The molecular formula is C51H32N2O2. The first-order chi connectivity index (χ1) is 27.3. The summed E-state index contributed by atoms with van der Waals surface area (Å²) in [5.41, 5.74) is 11.6. The molecule has 0 saturated heterocycles. The SMILES string of the molecule is c1ccc(-c2nc3cc4oc5c(N(c6ccc(-c7cc8ccccc8c8ccccc78)cc6)c6ccccc6-c6ccccc6)cccc5c4cc3o2)cc1. The molecule has 9 aromatic carbocycles. The summed E-state index contributed by atoms with van der Waals surface area (Å²) < 4.78 is 13.1. The van der Waals surface area contributed by atoms with Crippen molar-refractivity contribution in [2.45, 2.75) is 0 Å². The fraction of sp³-hybridized carbons (Fsp3) is 0. The van der Waals surface area contributed by atoms with Crippen LogP contribution >= 0.6 is 0 Å². The lowest BCUT2D eigenvalue weighted by Gasteiger charge is -2.28. The number of fused-ring (bicyclic) bond motifs is 7. The number of anilines is 3. The van der Waals surface area contributed by atoms with E-state index < -0.39 is 0 Å². The molecule has 0 bridgehead atoms. The summed E-state index contributed by atoms with van der Waals surface area (Å²) in [5.74, 6) is 0.595. The van der Waals surface area contributed by atoms with Crippen molar-refractivity contribution in [3.05, 3.63) is 194 Å². The molecule has 2 heterocycles. The minimum Gasteiger partial charge on any atom is -0.454 e. The molecule has 0 fully saturated rings. The van der Waals surface area contributed by atoms with Crippen LogP contribution in [-0.2, 0) is 0 Å². The maximum Gasteiger partial charge on any atom is 0.227 e. The fourth-order valence-electron chi connectivity index (χ4n) is 8.11. The first-order valence-corrected chi connectivity index (χ1v) is 18.5. The second kappa shape index (κ2) is 12.6. The van der Waals surface area contributed by atoms with E-state index in [0.29, 0.717) is 5.89 Å². The highest BCUT2D eigenvalue weighted by Gasteiger charge is 2.23. The third-order valence-electron chi connectivity index (χ3n) is 10.7. The van der Waals surface area contributed by atoms with E-state index in [4.69, 9.17) is 13.8 Å². The molecule has 0 aliphatic carbocycles. The number of para-hydroxylation sites is 2. The van der Waals surface area contributed by atoms with Gasteiger partial charge in [0.2, 0.25) is 5.89 Å². The molecule has 55 heavy (non-hydrogen) atoms. The van der Waals surface area contributed by atoms with E-state index in [-0.39, 0.29) is 0 Å². The zero-order valence-corrected chi connectivity index (χ0v) is 29.7. The summed E-state index contributed by atoms with van der Waals surface area (Å²) in [6.45, 7) is 0. The van der Waals surface area contributed by atoms with Crippen LogP contribution in [0.1, 0.15) is 0 Å². The summed E-state index contributed by atoms with van der Waals surface area (Å²) >= 11 is 0. The third-order valence-corrected chi connectivity index (χ3v) is 10.7. The average molecular weight is 705 g/mol. The predicted octanol–water partition coefficient (Wildman–Crippen LogP) is 14.5. The van der Waals surface area contributed by atoms with Gasteiger partial charge in [-0.2, -0.15) is 0 Å². The molecule has 11 rings (SSSR count). The molecule has 0 atom stereocenters. The monoisotopic (exact) mass is 704 g/mol. The summed E-state index contributed by atoms with van der Waals surface area (Å²) in [6, 6.07) is 68.2. The summed E-state index contributed by atoms with van der Waals surface area (Å²) in [4.78, 5) is 7.16. The topological polar surface area (TPSA) is 42.4 Å². The van der Waals surface area contributed by atoms with Gasteiger partial charge in [0, 0.05) is 33.7 Å². The number of rotatable bonds is 6. The minimum atomic E-state index is 0.595. The lowest BCUT2D eigenvalue weighted by atomic mass is 9.93. The molecule has 0 unspecified atom stereocenters. The second-order valence-corrected chi connectivity index (χ2v) is 13.9. The zero-order chi connectivity index (χ0) is 36.3. The van der Waals surface area contributed by atoms with Gasteiger partial charge in [-0.05, 0) is 86.8 Å². The number of nitrogens with zero attached hydrogens (tertiary/aromatic N) is 2. The van der Waals surface area contributed by atoms with Crippen LogP contribution in [0, 0.1) is 0 Å². The van der Waals surface area contributed by atoms with Crippen molar-refractivity contribution in [1.29, 1.82) is 0 Å². The van der Waals surface area contributed by atoms with Crippen molar-refractivity contribution in [1.82, 2.24) is 4.98 Å². The number of benzene rings is 9. The van der Waals surface area contributed by atoms with Crippen LogP contribution < -0.4 is 4.90 Å². The predicted molar refractivity (Wildman–Crippen MR) is 227 cm³/mol. The Labute approximate surface area is 317 Å². The quantitative estimate of drug-likeness (QED) is 0.162. The largest absolute Gasteiger partial charge is 0.454 e. The van der Waals surface area contributed by atoms with Crippen molar-refractivity contribution >= 4 is 71.6 Å². The van der Waals surface area contributed by atoms with Crippen molar-refractivity contribution in [3.63, 3.8) is 0 Å². The van der Waals surface area contributed by atoms with Crippen LogP contribution in [-0.4, -0.2) is 4.98 Å². The van der Waals surface area contributed by atoms with Crippen LogP contribution in [0.4, 0.5) is 17.1 Å². The smallest absolute Gasteiger partial charge is 0.227 e. The normalized spacial score (nSPS) is 11.6. The average Bonchev–Trinajstić information content (AvgIpc) is 3.85. The lowest BCUT2D eigenvalue weighted by Crippen LogP contribution is -2.11. The van der Waals surface area contributed by atoms with Gasteiger partial charge in [-0.1, -0.05) is 140 Å². The molecule has 0 N–H and O–H groups in total. The molecular weight excluding hydrogens is 673 g/mol. The van der Waals surface area contributed by atoms with E-state index >= 15 is 0 Å². The van der Waals surface area contributed by atoms with Gasteiger partial charge in [-0.25, -0.2) is 4.98 Å². The summed E-state index contributed by atoms with van der Waals surface area (Å²) in [6.07, 6.45) is 0. The van der Waals surface area contributed by atoms with Gasteiger partial charge < -0.3 is 13.7 Å². The van der Waals surface area contributed by atoms with Crippen LogP contribution in [0.25, 0.3) is 88.3 Å². The van der Waals surface area contributed by atoms with Gasteiger partial charge in [-0.3, -0.25) is 0 Å². The van der Waals surface area contributed by atoms with E-state index in [0.717, 1.165) is 72.4 Å². The summed E-state index contributed by atoms with van der Waals surface area (Å²) in [5, 5.41) is 6.98. The van der Waals surface area contributed by atoms with Gasteiger partial charge in [0.05, 0.1) is 11.4 Å². The molecule has 0 amide bonds. The highest BCUT2D eigenvalue weighted by atomic mass is 16.4. The Morgan fingerprint density at radius 3 is 1.84 bits per heavy atom. The summed E-state index contributed by atoms with van der Waals surface area (Å²) in [7, 11) is 0. The molecule has 258 valence electrons. The Hall–Kier alpha value is -7.43. The number of hydrogen-bond donors (Lipinski definition) is 0. The zero-order valence-electron chi connectivity index (χ0n) is 29.7. The van der Waals surface area contributed by atoms with E-state index in [1.54, 1.807) is 0 Å². The molecule has 11 aromatic rings. The molecule has 0 radical (unpaired) electrons. The van der Waals surface area contributed by atoms with Crippen molar-refractivity contribution in [2.24, 2.45) is 0 Å². The van der Waals surface area contributed by atoms with Crippen LogP contribution in [0.2, 0.25) is 0 Å². The molecule has 0 aliphatic rings. The van der Waals surface area contributed by atoms with Gasteiger partial charge in [0.25, 0.3) is 0 Å². The Balaban J connectivity index is 1.10. The Morgan fingerprint density at radius 1 is 0.382 bits per heavy atom. The first kappa shape index (κ1) is 31.1. The number of hydrogen-bond acceptors (Lipinski definition) is 4. The van der Waals surface area contributed by atoms with Crippen molar-refractivity contribution < 1.29 is 8.83 Å². The second-order valence-electron chi connectivity index (χ2n) is 13.9. The van der Waals surface area contributed by atoms with Crippen LogP contribution in [0.3, 0.4) is 0 Å². The fourth-order valence-corrected chi connectivity index (χ4v) is 8.11. The maximum atomic E-state index is 6.83. The number of furan rings is 1. The molecule has 0 spiro atoms. The van der Waals surface area contributed by atoms with Gasteiger partial charge in [-0.15, -0.1) is 0 Å². The van der Waals surface area contributed by atoms with Gasteiger partial charge in [0.1, 0.15) is 11.1 Å². The highest BCUT2D eigenvalue weighted by Crippen LogP contribution is 2.46. The van der Waals surface area contributed by atoms with E-state index in [1.807, 2.05) is 36.4 Å². The van der Waals surface area contributed by atoms with Crippen molar-refractivity contribution in [2.75, 3.05) is 4.90 Å². The minimum absolute atomic E-state index is 0.595. The number of aromatic nitrogens is 1. The molecule has 4 heteroatoms. The standard InChI is InChI=1S/C51H32N2O2/c1-3-14-33(15-4-1)39-20-11-12-24-46(39)53(37-28-26-34(27-29-37)43-30-36-18-7-8-19-38(36)40-21-9-10-22-41(40)43)47-25-13-23-42-44-31-49-45(32-48(44)54-50(42)47)52-51(55-49)35-16-5-2-6-17-35/h1-32H. The van der Waals surface area contributed by atoms with Gasteiger partial charge >= 0.3 is 0 Å². The highest BCUT2D eigenvalue weighted by molar-refractivity contribution is 6.15. The van der Waals surface area contributed by atoms with Gasteiger partial charge in [0.15, 0.2) is 11.2 Å². The van der Waals surface area contributed by atoms with Crippen molar-refractivity contribution in [3.8, 4) is 33.7 Å². The Kier molecular flexibility index (Phi) is 7.14. The van der Waals surface area contributed by atoms with Crippen LogP contribution in [0.15, 0.2) is 203 Å². The Morgan fingerprint density at radius 2 is 1.02 bits per heavy atom. The Bertz CT molecular complexity index is 3200. The third kappa shape index (κ3) is 5.19. The maximum absolute atomic E-state index is 6.83. The van der Waals surface area contributed by atoms with E-state index in [2.05, 4.69) is 163 Å². The lowest BCUT2D eigenvalue weighted by molar-refractivity contribution is 0.620. The van der Waals surface area contributed by atoms with Crippen LogP contribution in [0.5, 0.6) is 0 Å². The van der Waals surface area contributed by atoms with E-state index in [9.17, 15) is 0 Å². The molecule has 2 aromatic heterocycles. The molecule has 0 aliphatic heterocycles.